The number of carboxylic acid groups (broad SMARTS) is 1. The molecule has 1 aliphatic heterocycles. The first-order chi connectivity index (χ1) is 14.3. The van der Waals surface area contributed by atoms with Crippen LogP contribution in [0.3, 0.4) is 0 Å². The summed E-state index contributed by atoms with van der Waals surface area (Å²) in [6.07, 6.45) is 5.61. The highest BCUT2D eigenvalue weighted by Crippen LogP contribution is 2.42. The summed E-state index contributed by atoms with van der Waals surface area (Å²) in [7, 11) is 0. The number of hydrogen-bond acceptors (Lipinski definition) is 5. The van der Waals surface area contributed by atoms with Crippen molar-refractivity contribution in [2.75, 3.05) is 13.1 Å². The van der Waals surface area contributed by atoms with Crippen LogP contribution < -0.4 is 5.73 Å². The van der Waals surface area contributed by atoms with Crippen LogP contribution in [0.4, 0.5) is 0 Å². The first-order valence-electron chi connectivity index (χ1n) is 10.5. The zero-order chi connectivity index (χ0) is 21.8. The Bertz CT molecular complexity index is 863. The summed E-state index contributed by atoms with van der Waals surface area (Å²) in [6.45, 7) is 4.65. The molecule has 30 heavy (non-hydrogen) atoms. The molecule has 0 spiro atoms. The van der Waals surface area contributed by atoms with Crippen molar-refractivity contribution < 1.29 is 14.7 Å². The second-order valence-corrected chi connectivity index (χ2v) is 9.44. The van der Waals surface area contributed by atoms with Crippen LogP contribution in [-0.4, -0.2) is 45.5 Å². The van der Waals surface area contributed by atoms with Crippen molar-refractivity contribution in [3.8, 4) is 0 Å². The van der Waals surface area contributed by atoms with Gasteiger partial charge in [-0.25, -0.2) is 4.98 Å². The van der Waals surface area contributed by atoms with Crippen molar-refractivity contribution in [1.29, 1.82) is 0 Å². The average molecular weight is 430 g/mol. The maximum atomic E-state index is 13.0. The molecule has 0 radical (unpaired) electrons. The van der Waals surface area contributed by atoms with Gasteiger partial charge in [-0.1, -0.05) is 43.2 Å². The molecular formula is C23H31N3O3S. The van der Waals surface area contributed by atoms with Gasteiger partial charge in [-0.2, -0.15) is 0 Å². The Morgan fingerprint density at radius 1 is 1.10 bits per heavy atom. The highest BCUT2D eigenvalue weighted by atomic mass is 32.1. The third-order valence-corrected chi connectivity index (χ3v) is 7.04. The number of carbonyl (C=O) groups is 2. The number of piperidine rings is 1. The van der Waals surface area contributed by atoms with Crippen LogP contribution in [0.15, 0.2) is 35.7 Å². The van der Waals surface area contributed by atoms with Crippen molar-refractivity contribution in [3.05, 3.63) is 52.0 Å². The fraction of sp³-hybridized carbons (Fsp3) is 0.522. The quantitative estimate of drug-likeness (QED) is 0.775. The predicted octanol–water partition coefficient (Wildman–Crippen LogP) is 3.72. The third-order valence-electron chi connectivity index (χ3n) is 6.26. The maximum absolute atomic E-state index is 13.0. The number of carbonyl (C=O) groups excluding carboxylic acids is 1. The predicted molar refractivity (Wildman–Crippen MR) is 119 cm³/mol. The summed E-state index contributed by atoms with van der Waals surface area (Å²) in [5.74, 6) is -0.675. The molecule has 7 heteroatoms. The molecule has 1 aromatic heterocycles. The highest BCUT2D eigenvalue weighted by molar-refractivity contribution is 7.09. The largest absolute Gasteiger partial charge is 0.481 e. The second kappa shape index (κ2) is 9.27. The number of nitrogens with zero attached hydrogens (tertiary/aromatic N) is 2. The number of nitrogens with two attached hydrogens (primary N) is 1. The molecule has 6 nitrogen and oxygen atoms in total. The number of aryl methyl sites for hydroxylation is 1. The van der Waals surface area contributed by atoms with Crippen LogP contribution in [0.5, 0.6) is 0 Å². The number of carboxylic acids is 1. The second-order valence-electron chi connectivity index (χ2n) is 8.37. The average Bonchev–Trinajstić information content (AvgIpc) is 3.37. The number of thiazole rings is 1. The summed E-state index contributed by atoms with van der Waals surface area (Å²) in [4.78, 5) is 28.8. The van der Waals surface area contributed by atoms with Gasteiger partial charge in [-0.3, -0.25) is 9.59 Å². The fourth-order valence-electron chi connectivity index (χ4n) is 4.66. The summed E-state index contributed by atoms with van der Waals surface area (Å²) in [5.41, 5.74) is 8.17. The van der Waals surface area contributed by atoms with Crippen LogP contribution in [0, 0.1) is 6.92 Å². The summed E-state index contributed by atoms with van der Waals surface area (Å²) >= 11 is 1.71. The lowest BCUT2D eigenvalue weighted by Gasteiger charge is -2.43. The van der Waals surface area contributed by atoms with Crippen LogP contribution in [0.25, 0.3) is 0 Å². The lowest BCUT2D eigenvalue weighted by molar-refractivity contribution is -0.138. The minimum Gasteiger partial charge on any atom is -0.481 e. The molecule has 2 aliphatic rings. The van der Waals surface area contributed by atoms with Crippen molar-refractivity contribution in [1.82, 2.24) is 9.88 Å². The first kappa shape index (κ1) is 22.4. The topological polar surface area (TPSA) is 96.5 Å². The van der Waals surface area contributed by atoms with Gasteiger partial charge in [0.05, 0.1) is 16.2 Å². The fourth-order valence-corrected chi connectivity index (χ4v) is 5.37. The molecule has 1 aliphatic carbocycles. The minimum atomic E-state index is -0.833. The van der Waals surface area contributed by atoms with E-state index in [4.69, 9.17) is 20.6 Å². The Balaban J connectivity index is 0.000000589. The van der Waals surface area contributed by atoms with Gasteiger partial charge in [-0.15, -0.1) is 11.3 Å². The molecular weight excluding hydrogens is 398 g/mol. The van der Waals surface area contributed by atoms with Crippen molar-refractivity contribution in [2.45, 2.75) is 63.3 Å². The van der Waals surface area contributed by atoms with Gasteiger partial charge in [0.25, 0.3) is 5.97 Å². The van der Waals surface area contributed by atoms with Gasteiger partial charge in [0, 0.05) is 30.8 Å². The highest BCUT2D eigenvalue weighted by Gasteiger charge is 2.45. The molecule has 1 amide bonds. The van der Waals surface area contributed by atoms with Gasteiger partial charge in [0.1, 0.15) is 0 Å². The SMILES string of the molecule is CC(=O)O.Cc1nc(C2(c3ccccc3)CCN(C(=O)C3(N)CCCC3)CC2)cs1. The molecule has 0 unspecified atom stereocenters. The Morgan fingerprint density at radius 3 is 2.17 bits per heavy atom. The summed E-state index contributed by atoms with van der Waals surface area (Å²) in [5, 5.41) is 10.7. The standard InChI is InChI=1S/C21H27N3OS.C2H4O2/c1-16-23-18(15-26-16)20(17-7-3-2-4-8-17)11-13-24(14-12-20)19(25)21(22)9-5-6-10-21;1-2(3)4/h2-4,7-8,15H,5-6,9-14,22H2,1H3;1H3,(H,3,4). The summed E-state index contributed by atoms with van der Waals surface area (Å²) < 4.78 is 0. The number of amides is 1. The zero-order valence-electron chi connectivity index (χ0n) is 17.8. The Morgan fingerprint density at radius 2 is 1.67 bits per heavy atom. The molecule has 2 heterocycles. The van der Waals surface area contributed by atoms with Gasteiger partial charge in [0.15, 0.2) is 0 Å². The van der Waals surface area contributed by atoms with Gasteiger partial charge < -0.3 is 15.7 Å². The molecule has 1 saturated carbocycles. The minimum absolute atomic E-state index is 0.0970. The molecule has 3 N–H and O–H groups in total. The van der Waals surface area contributed by atoms with E-state index in [1.807, 2.05) is 4.90 Å². The molecule has 162 valence electrons. The number of aromatic nitrogens is 1. The number of rotatable bonds is 3. The van der Waals surface area contributed by atoms with E-state index in [0.717, 1.165) is 69.2 Å². The molecule has 4 rings (SSSR count). The molecule has 1 saturated heterocycles. The van der Waals surface area contributed by atoms with E-state index in [9.17, 15) is 4.79 Å². The van der Waals surface area contributed by atoms with Gasteiger partial charge in [-0.05, 0) is 38.2 Å². The normalized spacial score (nSPS) is 19.6. The lowest BCUT2D eigenvalue weighted by Crippen LogP contribution is -2.57. The number of hydrogen-bond donors (Lipinski definition) is 2. The van der Waals surface area contributed by atoms with Crippen molar-refractivity contribution >= 4 is 23.2 Å². The van der Waals surface area contributed by atoms with Crippen molar-refractivity contribution in [3.63, 3.8) is 0 Å². The van der Waals surface area contributed by atoms with E-state index in [-0.39, 0.29) is 11.3 Å². The van der Waals surface area contributed by atoms with Crippen LogP contribution in [0.1, 0.15) is 61.7 Å². The van der Waals surface area contributed by atoms with Crippen LogP contribution >= 0.6 is 11.3 Å². The number of likely N-dealkylation sites (tertiary alicyclic amines) is 1. The Hall–Kier alpha value is -2.25. The molecule has 1 aromatic carbocycles. The van der Waals surface area contributed by atoms with Gasteiger partial charge >= 0.3 is 0 Å². The Labute approximate surface area is 182 Å². The molecule has 2 aromatic rings. The van der Waals surface area contributed by atoms with E-state index >= 15 is 0 Å². The zero-order valence-corrected chi connectivity index (χ0v) is 18.6. The summed E-state index contributed by atoms with van der Waals surface area (Å²) in [6, 6.07) is 10.7. The van der Waals surface area contributed by atoms with E-state index in [1.54, 1.807) is 11.3 Å². The Kier molecular flexibility index (Phi) is 6.93. The van der Waals surface area contributed by atoms with Gasteiger partial charge in [0.2, 0.25) is 5.91 Å². The van der Waals surface area contributed by atoms with Crippen molar-refractivity contribution in [2.24, 2.45) is 5.73 Å². The van der Waals surface area contributed by atoms with Crippen LogP contribution in [0.2, 0.25) is 0 Å². The number of benzene rings is 1. The molecule has 0 atom stereocenters. The monoisotopic (exact) mass is 429 g/mol. The van der Waals surface area contributed by atoms with Crippen LogP contribution in [-0.2, 0) is 15.0 Å². The number of aliphatic carboxylic acids is 1. The van der Waals surface area contributed by atoms with E-state index in [2.05, 4.69) is 42.6 Å². The smallest absolute Gasteiger partial charge is 0.300 e. The molecule has 0 bridgehead atoms. The first-order valence-corrected chi connectivity index (χ1v) is 11.4. The van der Waals surface area contributed by atoms with E-state index in [1.165, 1.54) is 5.56 Å². The lowest BCUT2D eigenvalue weighted by atomic mass is 9.70. The molecule has 2 fully saturated rings. The third kappa shape index (κ3) is 4.73. The maximum Gasteiger partial charge on any atom is 0.300 e. The van der Waals surface area contributed by atoms with E-state index in [0.29, 0.717) is 0 Å². The van der Waals surface area contributed by atoms with E-state index < -0.39 is 11.5 Å².